The average molecular weight is 345 g/mol. The molecule has 0 saturated heterocycles. The van der Waals surface area contributed by atoms with Gasteiger partial charge < -0.3 is 20.7 Å². The summed E-state index contributed by atoms with van der Waals surface area (Å²) in [7, 11) is 0. The SMILES string of the molecule is NCCC(=O)OCc1cccc2ccccc12.O=C(O)/C=C/C(=O)O. The third-order valence-corrected chi connectivity index (χ3v) is 2.99. The van der Waals surface area contributed by atoms with Gasteiger partial charge in [-0.05, 0) is 16.3 Å². The Kier molecular flexibility index (Phi) is 8.39. The molecule has 0 radical (unpaired) electrons. The number of carboxylic acid groups (broad SMARTS) is 2. The molecule has 0 heterocycles. The van der Waals surface area contributed by atoms with Crippen molar-refractivity contribution in [2.45, 2.75) is 13.0 Å². The number of nitrogens with two attached hydrogens (primary N) is 1. The molecule has 2 aromatic carbocycles. The van der Waals surface area contributed by atoms with Crippen molar-refractivity contribution in [1.29, 1.82) is 0 Å². The van der Waals surface area contributed by atoms with Crippen molar-refractivity contribution in [3.05, 3.63) is 60.2 Å². The van der Waals surface area contributed by atoms with E-state index in [1.807, 2.05) is 42.5 Å². The van der Waals surface area contributed by atoms with E-state index >= 15 is 0 Å². The lowest BCUT2D eigenvalue weighted by Gasteiger charge is -2.07. The second kappa shape index (κ2) is 10.6. The summed E-state index contributed by atoms with van der Waals surface area (Å²) in [5.74, 6) is -2.76. The van der Waals surface area contributed by atoms with Crippen LogP contribution < -0.4 is 5.73 Å². The number of carboxylic acids is 2. The van der Waals surface area contributed by atoms with E-state index in [0.717, 1.165) is 16.3 Å². The standard InChI is InChI=1S/C14H15NO2.C4H4O4/c15-9-8-14(16)17-10-12-6-3-5-11-4-1-2-7-13(11)12;5-3(6)1-2-4(7)8/h1-7H,8-10,15H2;1-2H,(H,5,6)(H,7,8)/b;2-1+. The van der Waals surface area contributed by atoms with Gasteiger partial charge in [0.05, 0.1) is 6.42 Å². The summed E-state index contributed by atoms with van der Waals surface area (Å²) in [6.45, 7) is 0.633. The summed E-state index contributed by atoms with van der Waals surface area (Å²) >= 11 is 0. The van der Waals surface area contributed by atoms with Gasteiger partial charge in [-0.15, -0.1) is 0 Å². The zero-order valence-electron chi connectivity index (χ0n) is 13.4. The van der Waals surface area contributed by atoms with Gasteiger partial charge in [-0.25, -0.2) is 9.59 Å². The molecule has 0 atom stereocenters. The molecule has 132 valence electrons. The van der Waals surface area contributed by atoms with Crippen LogP contribution in [-0.2, 0) is 25.7 Å². The van der Waals surface area contributed by atoms with Crippen molar-refractivity contribution < 1.29 is 29.3 Å². The zero-order chi connectivity index (χ0) is 18.7. The van der Waals surface area contributed by atoms with Gasteiger partial charge in [0, 0.05) is 18.7 Å². The topological polar surface area (TPSA) is 127 Å². The molecule has 0 aliphatic heterocycles. The highest BCUT2D eigenvalue weighted by Crippen LogP contribution is 2.19. The molecule has 7 heteroatoms. The maximum Gasteiger partial charge on any atom is 0.328 e. The molecule has 0 amide bonds. The first-order valence-electron chi connectivity index (χ1n) is 7.40. The van der Waals surface area contributed by atoms with Crippen molar-refractivity contribution in [3.8, 4) is 0 Å². The van der Waals surface area contributed by atoms with Crippen molar-refractivity contribution >= 4 is 28.7 Å². The first-order chi connectivity index (χ1) is 11.9. The van der Waals surface area contributed by atoms with Crippen molar-refractivity contribution in [2.24, 2.45) is 5.73 Å². The Morgan fingerprint density at radius 1 is 0.960 bits per heavy atom. The predicted octanol–water partition coefficient (Wildman–Crippen LogP) is 1.94. The average Bonchev–Trinajstić information content (AvgIpc) is 2.59. The van der Waals surface area contributed by atoms with Crippen LogP contribution in [0, 0.1) is 0 Å². The van der Waals surface area contributed by atoms with E-state index in [-0.39, 0.29) is 12.4 Å². The number of carbonyl (C=O) groups is 3. The second-order valence-corrected chi connectivity index (χ2v) is 4.85. The lowest BCUT2D eigenvalue weighted by molar-refractivity contribution is -0.144. The second-order valence-electron chi connectivity index (χ2n) is 4.85. The summed E-state index contributed by atoms with van der Waals surface area (Å²) in [5, 5.41) is 17.9. The van der Waals surface area contributed by atoms with Crippen LogP contribution >= 0.6 is 0 Å². The van der Waals surface area contributed by atoms with Crippen molar-refractivity contribution in [2.75, 3.05) is 6.54 Å². The Morgan fingerprint density at radius 2 is 1.56 bits per heavy atom. The van der Waals surface area contributed by atoms with Crippen molar-refractivity contribution in [1.82, 2.24) is 0 Å². The fraction of sp³-hybridized carbons (Fsp3) is 0.167. The lowest BCUT2D eigenvalue weighted by atomic mass is 10.1. The number of hydrogen-bond donors (Lipinski definition) is 3. The van der Waals surface area contributed by atoms with Gasteiger partial charge in [-0.2, -0.15) is 0 Å². The van der Waals surface area contributed by atoms with Crippen LogP contribution in [0.5, 0.6) is 0 Å². The van der Waals surface area contributed by atoms with E-state index in [1.165, 1.54) is 0 Å². The molecular weight excluding hydrogens is 326 g/mol. The number of aliphatic carboxylic acids is 2. The number of benzene rings is 2. The molecule has 4 N–H and O–H groups in total. The summed E-state index contributed by atoms with van der Waals surface area (Å²) in [5.41, 5.74) is 6.31. The van der Waals surface area contributed by atoms with Crippen LogP contribution in [0.15, 0.2) is 54.6 Å². The van der Waals surface area contributed by atoms with Crippen LogP contribution in [-0.4, -0.2) is 34.7 Å². The molecule has 7 nitrogen and oxygen atoms in total. The predicted molar refractivity (Wildman–Crippen MR) is 91.8 cm³/mol. The lowest BCUT2D eigenvalue weighted by Crippen LogP contribution is -2.11. The van der Waals surface area contributed by atoms with Crippen LogP contribution in [0.25, 0.3) is 10.8 Å². The van der Waals surface area contributed by atoms with Gasteiger partial charge in [0.15, 0.2) is 0 Å². The molecule has 0 saturated carbocycles. The van der Waals surface area contributed by atoms with Crippen LogP contribution in [0.4, 0.5) is 0 Å². The molecule has 2 aromatic rings. The smallest absolute Gasteiger partial charge is 0.328 e. The van der Waals surface area contributed by atoms with Gasteiger partial charge in [0.25, 0.3) is 0 Å². The third kappa shape index (κ3) is 7.76. The molecule has 0 bridgehead atoms. The van der Waals surface area contributed by atoms with Crippen LogP contribution in [0.3, 0.4) is 0 Å². The Morgan fingerprint density at radius 3 is 2.16 bits per heavy atom. The van der Waals surface area contributed by atoms with Crippen molar-refractivity contribution in [3.63, 3.8) is 0 Å². The van der Waals surface area contributed by atoms with Gasteiger partial charge in [-0.3, -0.25) is 4.79 Å². The Hall–Kier alpha value is -3.19. The van der Waals surface area contributed by atoms with Gasteiger partial charge in [-0.1, -0.05) is 42.5 Å². The highest BCUT2D eigenvalue weighted by atomic mass is 16.5. The first kappa shape index (κ1) is 19.9. The quantitative estimate of drug-likeness (QED) is 0.539. The summed E-state index contributed by atoms with van der Waals surface area (Å²) < 4.78 is 5.16. The maximum absolute atomic E-state index is 11.3. The van der Waals surface area contributed by atoms with Crippen LogP contribution in [0.1, 0.15) is 12.0 Å². The molecule has 0 aliphatic rings. The monoisotopic (exact) mass is 345 g/mol. The Balaban J connectivity index is 0.000000333. The Bertz CT molecular complexity index is 748. The summed E-state index contributed by atoms with van der Waals surface area (Å²) in [6.07, 6.45) is 1.38. The number of fused-ring (bicyclic) bond motifs is 1. The van der Waals surface area contributed by atoms with Gasteiger partial charge in [0.1, 0.15) is 6.61 Å². The van der Waals surface area contributed by atoms with Crippen LogP contribution in [0.2, 0.25) is 0 Å². The van der Waals surface area contributed by atoms with E-state index in [9.17, 15) is 14.4 Å². The van der Waals surface area contributed by atoms with E-state index < -0.39 is 11.9 Å². The van der Waals surface area contributed by atoms with E-state index in [2.05, 4.69) is 0 Å². The highest BCUT2D eigenvalue weighted by Gasteiger charge is 2.04. The zero-order valence-corrected chi connectivity index (χ0v) is 13.4. The van der Waals surface area contributed by atoms with E-state index in [0.29, 0.717) is 25.3 Å². The molecule has 0 aliphatic carbocycles. The molecule has 2 rings (SSSR count). The molecule has 25 heavy (non-hydrogen) atoms. The number of carbonyl (C=O) groups excluding carboxylic acids is 1. The number of rotatable bonds is 6. The normalized spacial score (nSPS) is 10.1. The number of esters is 1. The number of ether oxygens (including phenoxy) is 1. The van der Waals surface area contributed by atoms with E-state index in [1.54, 1.807) is 0 Å². The highest BCUT2D eigenvalue weighted by molar-refractivity contribution is 5.89. The largest absolute Gasteiger partial charge is 0.478 e. The minimum atomic E-state index is -1.26. The van der Waals surface area contributed by atoms with Gasteiger partial charge in [0.2, 0.25) is 0 Å². The minimum absolute atomic E-state index is 0.250. The molecule has 0 spiro atoms. The first-order valence-corrected chi connectivity index (χ1v) is 7.40. The summed E-state index contributed by atoms with van der Waals surface area (Å²) in [6, 6.07) is 14.0. The molecular formula is C18H19NO6. The molecule has 0 aromatic heterocycles. The number of hydrogen-bond acceptors (Lipinski definition) is 5. The van der Waals surface area contributed by atoms with E-state index in [4.69, 9.17) is 20.7 Å². The third-order valence-electron chi connectivity index (χ3n) is 2.99. The Labute approximate surface area is 144 Å². The maximum atomic E-state index is 11.3. The fourth-order valence-corrected chi connectivity index (χ4v) is 1.91. The minimum Gasteiger partial charge on any atom is -0.478 e. The molecule has 0 unspecified atom stereocenters. The summed E-state index contributed by atoms with van der Waals surface area (Å²) in [4.78, 5) is 30.4. The van der Waals surface area contributed by atoms with Gasteiger partial charge >= 0.3 is 17.9 Å². The fourth-order valence-electron chi connectivity index (χ4n) is 1.91. The molecule has 0 fully saturated rings.